The van der Waals surface area contributed by atoms with Crippen molar-refractivity contribution in [1.82, 2.24) is 29.4 Å². The Morgan fingerprint density at radius 1 is 1.05 bits per heavy atom. The first-order chi connectivity index (χ1) is 21.0. The van der Waals surface area contributed by atoms with Crippen LogP contribution in [0.4, 0.5) is 17.3 Å². The molecule has 2 aliphatic rings. The van der Waals surface area contributed by atoms with Crippen LogP contribution in [0.3, 0.4) is 0 Å². The highest BCUT2D eigenvalue weighted by Gasteiger charge is 2.23. The lowest BCUT2D eigenvalue weighted by molar-refractivity contribution is 0.261. The van der Waals surface area contributed by atoms with Gasteiger partial charge in [0.25, 0.3) is 5.56 Å². The van der Waals surface area contributed by atoms with Gasteiger partial charge in [0.05, 0.1) is 17.8 Å². The predicted octanol–water partition coefficient (Wildman–Crippen LogP) is 6.51. The number of anilines is 3. The van der Waals surface area contributed by atoms with Gasteiger partial charge in [-0.2, -0.15) is 4.98 Å². The summed E-state index contributed by atoms with van der Waals surface area (Å²) < 4.78 is 1.74. The lowest BCUT2D eigenvalue weighted by Crippen LogP contribution is -2.39. The van der Waals surface area contributed by atoms with Gasteiger partial charge in [-0.3, -0.25) is 9.36 Å². The molecule has 1 aliphatic heterocycles. The van der Waals surface area contributed by atoms with Crippen LogP contribution in [0.25, 0.3) is 22.3 Å². The number of thiazole rings is 1. The summed E-state index contributed by atoms with van der Waals surface area (Å²) in [7, 11) is 2.18. The molecule has 1 atom stereocenters. The molecule has 0 amide bonds. The molecule has 5 heterocycles. The van der Waals surface area contributed by atoms with Crippen LogP contribution in [-0.4, -0.2) is 55.6 Å². The molecule has 1 unspecified atom stereocenters. The average Bonchev–Trinajstić information content (AvgIpc) is 3.79. The summed E-state index contributed by atoms with van der Waals surface area (Å²) in [5.74, 6) is 0.989. The van der Waals surface area contributed by atoms with Gasteiger partial charge in [-0.15, -0.1) is 11.3 Å². The summed E-state index contributed by atoms with van der Waals surface area (Å²) in [5.41, 5.74) is 6.34. The van der Waals surface area contributed by atoms with Crippen molar-refractivity contribution in [3.63, 3.8) is 0 Å². The Hall–Kier alpha value is -4.02. The van der Waals surface area contributed by atoms with Crippen LogP contribution in [-0.2, 0) is 6.54 Å². The number of benzene rings is 1. The number of aromatic nitrogens is 5. The van der Waals surface area contributed by atoms with Crippen molar-refractivity contribution < 1.29 is 0 Å². The highest BCUT2D eigenvalue weighted by Crippen LogP contribution is 2.36. The Labute approximate surface area is 255 Å². The van der Waals surface area contributed by atoms with E-state index in [9.17, 15) is 4.79 Å². The van der Waals surface area contributed by atoms with Crippen molar-refractivity contribution >= 4 is 39.7 Å². The SMILES string of the molecule is Cc1cc(C2CCCC2)[nH]c1-c1cc2cnc(Nc3ccc(NC4CCCN(C)C4)cc3)nc2n(Cc2nccs2)c1=O. The van der Waals surface area contributed by atoms with Crippen molar-refractivity contribution in [1.29, 1.82) is 0 Å². The van der Waals surface area contributed by atoms with Gasteiger partial charge < -0.3 is 20.5 Å². The van der Waals surface area contributed by atoms with E-state index in [4.69, 9.17) is 4.98 Å². The highest BCUT2D eigenvalue weighted by atomic mass is 32.1. The second-order valence-corrected chi connectivity index (χ2v) is 13.0. The van der Waals surface area contributed by atoms with Gasteiger partial charge in [-0.05, 0) is 94.1 Å². The van der Waals surface area contributed by atoms with E-state index in [-0.39, 0.29) is 5.56 Å². The van der Waals surface area contributed by atoms with E-state index < -0.39 is 0 Å². The molecule has 1 aromatic carbocycles. The first-order valence-electron chi connectivity index (χ1n) is 15.3. The van der Waals surface area contributed by atoms with Gasteiger partial charge in [0.1, 0.15) is 10.7 Å². The van der Waals surface area contributed by atoms with E-state index in [1.807, 2.05) is 23.6 Å². The fourth-order valence-electron chi connectivity index (χ4n) is 6.63. The molecule has 1 saturated heterocycles. The standard InChI is InChI=1S/C33H38N8OS/c1-21-16-28(22-6-3-4-7-22)38-30(21)27-17-23-18-35-33(39-31(23)41(32(27)42)20-29-34-13-15-43-29)37-25-11-9-24(10-12-25)36-26-8-5-14-40(2)19-26/h9-13,15-18,22,26,36,38H,3-8,14,19-20H2,1-2H3,(H,35,37,39). The number of fused-ring (bicyclic) bond motifs is 1. The Kier molecular flexibility index (Phi) is 7.71. The molecule has 5 aromatic rings. The third-order valence-electron chi connectivity index (χ3n) is 8.84. The molecule has 0 spiro atoms. The predicted molar refractivity (Wildman–Crippen MR) is 175 cm³/mol. The third kappa shape index (κ3) is 5.94. The van der Waals surface area contributed by atoms with Crippen molar-refractivity contribution in [2.75, 3.05) is 30.8 Å². The Morgan fingerprint density at radius 3 is 2.63 bits per heavy atom. The number of likely N-dealkylation sites (N-methyl/N-ethyl adjacent to an activating group) is 1. The molecule has 10 heteroatoms. The maximum absolute atomic E-state index is 14.1. The average molecular weight is 595 g/mol. The maximum atomic E-state index is 14.1. The Bertz CT molecular complexity index is 1770. The summed E-state index contributed by atoms with van der Waals surface area (Å²) in [6, 6.07) is 12.8. The zero-order valence-electron chi connectivity index (χ0n) is 24.8. The number of likely N-dealkylation sites (tertiary alicyclic amines) is 1. The van der Waals surface area contributed by atoms with E-state index in [0.717, 1.165) is 39.6 Å². The molecule has 1 aliphatic carbocycles. The van der Waals surface area contributed by atoms with Crippen molar-refractivity contribution in [3.05, 3.63) is 80.8 Å². The third-order valence-corrected chi connectivity index (χ3v) is 9.60. The quantitative estimate of drug-likeness (QED) is 0.188. The molecule has 222 valence electrons. The number of hydrogen-bond donors (Lipinski definition) is 3. The number of H-pyrrole nitrogens is 1. The molecule has 4 aromatic heterocycles. The van der Waals surface area contributed by atoms with E-state index in [1.54, 1.807) is 17.0 Å². The number of nitrogens with one attached hydrogen (secondary N) is 3. The molecule has 0 bridgehead atoms. The number of aromatic amines is 1. The molecular formula is C33H38N8OS. The van der Waals surface area contributed by atoms with Gasteiger partial charge in [0.2, 0.25) is 5.95 Å². The van der Waals surface area contributed by atoms with E-state index in [2.05, 4.69) is 62.7 Å². The zero-order valence-corrected chi connectivity index (χ0v) is 25.6. The van der Waals surface area contributed by atoms with Crippen LogP contribution < -0.4 is 16.2 Å². The van der Waals surface area contributed by atoms with Gasteiger partial charge in [0, 0.05) is 52.8 Å². The highest BCUT2D eigenvalue weighted by molar-refractivity contribution is 7.09. The first-order valence-corrected chi connectivity index (χ1v) is 16.2. The van der Waals surface area contributed by atoms with Crippen LogP contribution >= 0.6 is 11.3 Å². The molecule has 2 fully saturated rings. The first kappa shape index (κ1) is 27.8. The number of aryl methyl sites for hydroxylation is 1. The lowest BCUT2D eigenvalue weighted by Gasteiger charge is -2.30. The Balaban J connectivity index is 1.19. The van der Waals surface area contributed by atoms with Crippen molar-refractivity contribution in [2.24, 2.45) is 0 Å². The monoisotopic (exact) mass is 594 g/mol. The second kappa shape index (κ2) is 11.9. The van der Waals surface area contributed by atoms with Crippen molar-refractivity contribution in [3.8, 4) is 11.3 Å². The van der Waals surface area contributed by atoms with Gasteiger partial charge >= 0.3 is 0 Å². The number of hydrogen-bond acceptors (Lipinski definition) is 8. The van der Waals surface area contributed by atoms with Crippen LogP contribution in [0.5, 0.6) is 0 Å². The number of pyridine rings is 1. The maximum Gasteiger partial charge on any atom is 0.261 e. The minimum atomic E-state index is -0.0842. The van der Waals surface area contributed by atoms with Crippen LogP contribution in [0.1, 0.15) is 60.7 Å². The minimum absolute atomic E-state index is 0.0842. The van der Waals surface area contributed by atoms with Crippen LogP contribution in [0.2, 0.25) is 0 Å². The van der Waals surface area contributed by atoms with Gasteiger partial charge in [-0.25, -0.2) is 9.97 Å². The molecule has 1 saturated carbocycles. The molecular weight excluding hydrogens is 556 g/mol. The van der Waals surface area contributed by atoms with Crippen LogP contribution in [0, 0.1) is 6.92 Å². The Morgan fingerprint density at radius 2 is 1.86 bits per heavy atom. The molecule has 0 radical (unpaired) electrons. The molecule has 9 nitrogen and oxygen atoms in total. The summed E-state index contributed by atoms with van der Waals surface area (Å²) in [4.78, 5) is 34.1. The topological polar surface area (TPSA) is 104 Å². The van der Waals surface area contributed by atoms with E-state index >= 15 is 0 Å². The second-order valence-electron chi connectivity index (χ2n) is 12.1. The number of piperidine rings is 1. The van der Waals surface area contributed by atoms with Gasteiger partial charge in [-0.1, -0.05) is 12.8 Å². The smallest absolute Gasteiger partial charge is 0.261 e. The van der Waals surface area contributed by atoms with Crippen LogP contribution in [0.15, 0.2) is 59.0 Å². The lowest BCUT2D eigenvalue weighted by atomic mass is 10.0. The van der Waals surface area contributed by atoms with E-state index in [0.29, 0.717) is 35.7 Å². The molecule has 43 heavy (non-hydrogen) atoms. The number of nitrogens with zero attached hydrogens (tertiary/aromatic N) is 5. The largest absolute Gasteiger partial charge is 0.381 e. The normalized spacial score (nSPS) is 18.0. The van der Waals surface area contributed by atoms with Gasteiger partial charge in [0.15, 0.2) is 0 Å². The summed E-state index contributed by atoms with van der Waals surface area (Å²) in [6.07, 6.45) is 10.9. The zero-order chi connectivity index (χ0) is 29.3. The minimum Gasteiger partial charge on any atom is -0.381 e. The summed E-state index contributed by atoms with van der Waals surface area (Å²) in [5, 5.41) is 10.6. The molecule has 3 N–H and O–H groups in total. The molecule has 7 rings (SSSR count). The van der Waals surface area contributed by atoms with E-state index in [1.165, 1.54) is 62.1 Å². The summed E-state index contributed by atoms with van der Waals surface area (Å²) in [6.45, 7) is 4.65. The fourth-order valence-corrected chi connectivity index (χ4v) is 7.24. The summed E-state index contributed by atoms with van der Waals surface area (Å²) >= 11 is 1.54. The fraction of sp³-hybridized carbons (Fsp3) is 0.394. The number of rotatable bonds is 8. The van der Waals surface area contributed by atoms with Crippen molar-refractivity contribution in [2.45, 2.75) is 64.0 Å².